The Morgan fingerprint density at radius 2 is 1.71 bits per heavy atom. The number of nitrogens with zero attached hydrogens (tertiary/aromatic N) is 1. The summed E-state index contributed by atoms with van der Waals surface area (Å²) in [5.74, 6) is 0. The van der Waals surface area contributed by atoms with E-state index in [0.29, 0.717) is 10.5 Å². The van der Waals surface area contributed by atoms with Crippen molar-refractivity contribution < 1.29 is 8.42 Å². The third-order valence-corrected chi connectivity index (χ3v) is 5.27. The van der Waals surface area contributed by atoms with Gasteiger partial charge in [0, 0.05) is 15.8 Å². The summed E-state index contributed by atoms with van der Waals surface area (Å²) in [6, 6.07) is 7.42. The lowest BCUT2D eigenvalue weighted by Crippen LogP contribution is -2.10. The molecule has 3 nitrogen and oxygen atoms in total. The van der Waals surface area contributed by atoms with Gasteiger partial charge in [-0.2, -0.15) is 0 Å². The largest absolute Gasteiger partial charge is 0.237 e. The van der Waals surface area contributed by atoms with Gasteiger partial charge in [-0.25, -0.2) is 12.4 Å². The third-order valence-electron chi connectivity index (χ3n) is 3.99. The lowest BCUT2D eigenvalue weighted by atomic mass is 10.0. The third kappa shape index (κ3) is 2.05. The topological polar surface area (TPSA) is 39.1 Å². The van der Waals surface area contributed by atoms with Crippen molar-refractivity contribution >= 4 is 43.4 Å². The highest BCUT2D eigenvalue weighted by Gasteiger charge is 2.21. The highest BCUT2D eigenvalue weighted by atomic mass is 35.5. The van der Waals surface area contributed by atoms with Crippen LogP contribution in [-0.2, 0) is 10.0 Å². The van der Waals surface area contributed by atoms with Gasteiger partial charge in [0.15, 0.2) is 0 Å². The molecule has 0 aliphatic heterocycles. The summed E-state index contributed by atoms with van der Waals surface area (Å²) in [4.78, 5) is 0. The summed E-state index contributed by atoms with van der Waals surface area (Å²) >= 11 is 6.11. The van der Waals surface area contributed by atoms with E-state index in [1.165, 1.54) is 10.2 Å². The van der Waals surface area contributed by atoms with Crippen molar-refractivity contribution in [1.82, 2.24) is 3.97 Å². The smallest absolute Gasteiger partial charge is 0.236 e. The standard InChI is InChI=1S/C16H16ClNO2S/c1-9-7-10(2)15-13-8-12(17)5-6-14(13)18(21(4,19)20)16(15)11(9)3/h5-8H,1-4H3. The van der Waals surface area contributed by atoms with Gasteiger partial charge in [-0.05, 0) is 55.7 Å². The molecular weight excluding hydrogens is 306 g/mol. The number of fused-ring (bicyclic) bond motifs is 3. The van der Waals surface area contributed by atoms with Crippen LogP contribution >= 0.6 is 11.6 Å². The lowest BCUT2D eigenvalue weighted by molar-refractivity contribution is 0.596. The Morgan fingerprint density at radius 3 is 2.33 bits per heavy atom. The molecule has 3 aromatic rings. The maximum absolute atomic E-state index is 12.3. The van der Waals surface area contributed by atoms with Crippen LogP contribution in [0, 0.1) is 20.8 Å². The zero-order valence-corrected chi connectivity index (χ0v) is 13.9. The average Bonchev–Trinajstić information content (AvgIpc) is 2.70. The van der Waals surface area contributed by atoms with Crippen molar-refractivity contribution in [3.8, 4) is 0 Å². The minimum atomic E-state index is -3.41. The van der Waals surface area contributed by atoms with Crippen LogP contribution in [0.4, 0.5) is 0 Å². The molecule has 110 valence electrons. The van der Waals surface area contributed by atoms with Crippen LogP contribution in [0.5, 0.6) is 0 Å². The number of halogens is 1. The van der Waals surface area contributed by atoms with E-state index >= 15 is 0 Å². The van der Waals surface area contributed by atoms with E-state index in [2.05, 4.69) is 6.07 Å². The second-order valence-corrected chi connectivity index (χ2v) is 7.82. The summed E-state index contributed by atoms with van der Waals surface area (Å²) < 4.78 is 26.1. The van der Waals surface area contributed by atoms with E-state index in [9.17, 15) is 8.42 Å². The van der Waals surface area contributed by atoms with E-state index in [4.69, 9.17) is 11.6 Å². The lowest BCUT2D eigenvalue weighted by Gasteiger charge is -2.09. The first kappa shape index (κ1) is 14.4. The summed E-state index contributed by atoms with van der Waals surface area (Å²) in [7, 11) is -3.41. The first-order valence-corrected chi connectivity index (χ1v) is 8.85. The molecular formula is C16H16ClNO2S. The highest BCUT2D eigenvalue weighted by Crippen LogP contribution is 2.36. The van der Waals surface area contributed by atoms with Crippen LogP contribution in [0.3, 0.4) is 0 Å². The average molecular weight is 322 g/mol. The van der Waals surface area contributed by atoms with Crippen molar-refractivity contribution in [2.24, 2.45) is 0 Å². The van der Waals surface area contributed by atoms with Crippen LogP contribution in [0.1, 0.15) is 16.7 Å². The van der Waals surface area contributed by atoms with Crippen LogP contribution in [0.25, 0.3) is 21.8 Å². The predicted octanol–water partition coefficient (Wildman–Crippen LogP) is 4.18. The van der Waals surface area contributed by atoms with Gasteiger partial charge in [0.25, 0.3) is 0 Å². The summed E-state index contributed by atoms with van der Waals surface area (Å²) in [5.41, 5.74) is 4.55. The van der Waals surface area contributed by atoms with Gasteiger partial charge in [-0.15, -0.1) is 0 Å². The number of aryl methyl sites for hydroxylation is 3. The van der Waals surface area contributed by atoms with Gasteiger partial charge in [0.1, 0.15) is 0 Å². The van der Waals surface area contributed by atoms with Crippen molar-refractivity contribution in [2.45, 2.75) is 20.8 Å². The molecule has 0 amide bonds. The monoisotopic (exact) mass is 321 g/mol. The molecule has 1 heterocycles. The zero-order valence-electron chi connectivity index (χ0n) is 12.4. The number of rotatable bonds is 1. The molecule has 0 saturated carbocycles. The van der Waals surface area contributed by atoms with Crippen molar-refractivity contribution in [3.63, 3.8) is 0 Å². The maximum atomic E-state index is 12.3. The predicted molar refractivity (Wildman–Crippen MR) is 88.9 cm³/mol. The molecule has 0 spiro atoms. The van der Waals surface area contributed by atoms with Crippen molar-refractivity contribution in [1.29, 1.82) is 0 Å². The molecule has 0 N–H and O–H groups in total. The molecule has 0 aliphatic rings. The van der Waals surface area contributed by atoms with Crippen LogP contribution in [-0.4, -0.2) is 18.6 Å². The molecule has 3 rings (SSSR count). The van der Waals surface area contributed by atoms with Gasteiger partial charge >= 0.3 is 0 Å². The molecule has 0 fully saturated rings. The molecule has 0 atom stereocenters. The van der Waals surface area contributed by atoms with E-state index in [1.54, 1.807) is 12.1 Å². The fourth-order valence-electron chi connectivity index (χ4n) is 3.01. The molecule has 0 aliphatic carbocycles. The van der Waals surface area contributed by atoms with Crippen LogP contribution in [0.15, 0.2) is 24.3 Å². The van der Waals surface area contributed by atoms with Crippen molar-refractivity contribution in [3.05, 3.63) is 46.0 Å². The number of hydrogen-bond acceptors (Lipinski definition) is 2. The quantitative estimate of drug-likeness (QED) is 0.674. The zero-order chi connectivity index (χ0) is 15.5. The van der Waals surface area contributed by atoms with Crippen LogP contribution < -0.4 is 0 Å². The summed E-state index contributed by atoms with van der Waals surface area (Å²) in [6.45, 7) is 5.96. The number of hydrogen-bond donors (Lipinski definition) is 0. The minimum Gasteiger partial charge on any atom is -0.237 e. The Balaban J connectivity index is 2.77. The van der Waals surface area contributed by atoms with E-state index < -0.39 is 10.0 Å². The molecule has 0 saturated heterocycles. The summed E-state index contributed by atoms with van der Waals surface area (Å²) in [5, 5.41) is 2.44. The SMILES string of the molecule is Cc1cc(C)c2c3cc(Cl)ccc3n(S(C)(=O)=O)c2c1C. The van der Waals surface area contributed by atoms with Crippen molar-refractivity contribution in [2.75, 3.05) is 6.26 Å². The Kier molecular flexibility index (Phi) is 3.08. The normalized spacial score (nSPS) is 12.4. The molecule has 2 aromatic carbocycles. The molecule has 0 unspecified atom stereocenters. The Bertz CT molecular complexity index is 1000. The van der Waals surface area contributed by atoms with E-state index in [0.717, 1.165) is 33.0 Å². The van der Waals surface area contributed by atoms with E-state index in [-0.39, 0.29) is 0 Å². The van der Waals surface area contributed by atoms with Gasteiger partial charge in [0.2, 0.25) is 10.0 Å². The first-order chi connectivity index (χ1) is 9.71. The Morgan fingerprint density at radius 1 is 1.05 bits per heavy atom. The van der Waals surface area contributed by atoms with E-state index in [1.807, 2.05) is 26.8 Å². The molecule has 1 aromatic heterocycles. The van der Waals surface area contributed by atoms with Gasteiger partial charge in [-0.3, -0.25) is 0 Å². The second-order valence-electron chi connectivity index (χ2n) is 5.55. The number of aromatic nitrogens is 1. The van der Waals surface area contributed by atoms with Gasteiger partial charge in [0.05, 0.1) is 17.3 Å². The minimum absolute atomic E-state index is 0.604. The first-order valence-electron chi connectivity index (χ1n) is 6.63. The molecule has 0 bridgehead atoms. The molecule has 5 heteroatoms. The molecule has 0 radical (unpaired) electrons. The molecule has 21 heavy (non-hydrogen) atoms. The fourth-order valence-corrected chi connectivity index (χ4v) is 4.26. The van der Waals surface area contributed by atoms with Gasteiger partial charge in [-0.1, -0.05) is 17.7 Å². The maximum Gasteiger partial charge on any atom is 0.236 e. The Hall–Kier alpha value is -1.52. The highest BCUT2D eigenvalue weighted by molar-refractivity contribution is 7.89. The Labute approximate surface area is 129 Å². The second kappa shape index (κ2) is 4.49. The number of benzene rings is 2. The fraction of sp³-hybridized carbons (Fsp3) is 0.250. The van der Waals surface area contributed by atoms with Gasteiger partial charge < -0.3 is 0 Å². The summed E-state index contributed by atoms with van der Waals surface area (Å²) in [6.07, 6.45) is 1.23. The van der Waals surface area contributed by atoms with Crippen LogP contribution in [0.2, 0.25) is 5.02 Å².